The van der Waals surface area contributed by atoms with Gasteiger partial charge in [0.15, 0.2) is 0 Å². The molecule has 0 amide bonds. The van der Waals surface area contributed by atoms with Gasteiger partial charge in [0.25, 0.3) is 0 Å². The fourth-order valence-corrected chi connectivity index (χ4v) is 1.56. The fraction of sp³-hybridized carbons (Fsp3) is 0.636. The Morgan fingerprint density at radius 1 is 1.23 bits per heavy atom. The second kappa shape index (κ2) is 3.44. The lowest BCUT2D eigenvalue weighted by molar-refractivity contribution is 0.409. The van der Waals surface area contributed by atoms with E-state index in [1.807, 2.05) is 12.4 Å². The first-order chi connectivity index (χ1) is 6.27. The summed E-state index contributed by atoms with van der Waals surface area (Å²) < 4.78 is 0. The molecule has 1 fully saturated rings. The maximum Gasteiger partial charge on any atom is 0.0617 e. The average molecular weight is 176 g/mol. The molecule has 0 atom stereocenters. The Balaban J connectivity index is 2.13. The zero-order chi connectivity index (χ0) is 9.26. The van der Waals surface area contributed by atoms with E-state index in [2.05, 4.69) is 23.8 Å². The molecule has 0 aromatic carbocycles. The quantitative estimate of drug-likeness (QED) is 0.692. The highest BCUT2D eigenvalue weighted by molar-refractivity contribution is 5.11. The van der Waals surface area contributed by atoms with Crippen molar-refractivity contribution in [3.8, 4) is 0 Å². The maximum atomic E-state index is 4.46. The van der Waals surface area contributed by atoms with Crippen molar-refractivity contribution in [3.63, 3.8) is 0 Å². The smallest absolute Gasteiger partial charge is 0.0617 e. The molecule has 2 rings (SSSR count). The Hall–Kier alpha value is -0.920. The van der Waals surface area contributed by atoms with Crippen LogP contribution in [0.5, 0.6) is 0 Å². The topological polar surface area (TPSA) is 25.8 Å². The summed E-state index contributed by atoms with van der Waals surface area (Å²) in [6.45, 7) is 4.29. The van der Waals surface area contributed by atoms with Gasteiger partial charge >= 0.3 is 0 Å². The Morgan fingerprint density at radius 2 is 2.00 bits per heavy atom. The Bertz CT molecular complexity index is 273. The van der Waals surface area contributed by atoms with Crippen LogP contribution in [0, 0.1) is 0 Å². The van der Waals surface area contributed by atoms with Gasteiger partial charge in [-0.25, -0.2) is 0 Å². The molecule has 2 nitrogen and oxygen atoms in total. The Morgan fingerprint density at radius 3 is 2.38 bits per heavy atom. The van der Waals surface area contributed by atoms with Crippen LogP contribution in [0.4, 0.5) is 0 Å². The van der Waals surface area contributed by atoms with Gasteiger partial charge in [0.05, 0.1) is 11.4 Å². The minimum Gasteiger partial charge on any atom is -0.258 e. The van der Waals surface area contributed by atoms with Gasteiger partial charge in [0.2, 0.25) is 0 Å². The van der Waals surface area contributed by atoms with Crippen molar-refractivity contribution in [2.24, 2.45) is 0 Å². The summed E-state index contributed by atoms with van der Waals surface area (Å²) in [6.07, 6.45) is 7.85. The number of nitrogens with zero attached hydrogens (tertiary/aromatic N) is 2. The summed E-state index contributed by atoms with van der Waals surface area (Å²) in [6, 6.07) is 0. The van der Waals surface area contributed by atoms with Crippen molar-refractivity contribution in [1.82, 2.24) is 9.97 Å². The Kier molecular flexibility index (Phi) is 2.30. The molecule has 1 heterocycles. The summed E-state index contributed by atoms with van der Waals surface area (Å²) in [5, 5.41) is 0. The highest BCUT2D eigenvalue weighted by atomic mass is 14.8. The predicted molar refractivity (Wildman–Crippen MR) is 52.7 cm³/mol. The predicted octanol–water partition coefficient (Wildman–Crippen LogP) is 2.87. The first kappa shape index (κ1) is 8.67. The lowest BCUT2D eigenvalue weighted by Crippen LogP contribution is -2.11. The second-order valence-corrected chi connectivity index (χ2v) is 4.15. The standard InChI is InChI=1S/C11H16N2/c1-8(2)10-6-13-11(7-12-10)9-4-3-5-9/h6-9H,3-5H2,1-2H3. The average Bonchev–Trinajstić information content (AvgIpc) is 2.02. The van der Waals surface area contributed by atoms with E-state index >= 15 is 0 Å². The zero-order valence-corrected chi connectivity index (χ0v) is 8.33. The van der Waals surface area contributed by atoms with E-state index in [-0.39, 0.29) is 0 Å². The monoisotopic (exact) mass is 176 g/mol. The van der Waals surface area contributed by atoms with E-state index in [9.17, 15) is 0 Å². The van der Waals surface area contributed by atoms with Crippen LogP contribution in [0.3, 0.4) is 0 Å². The Labute approximate surface area is 79.4 Å². The van der Waals surface area contributed by atoms with Crippen LogP contribution in [0.1, 0.15) is 56.3 Å². The van der Waals surface area contributed by atoms with Gasteiger partial charge in [-0.05, 0) is 18.8 Å². The van der Waals surface area contributed by atoms with E-state index < -0.39 is 0 Å². The lowest BCUT2D eigenvalue weighted by atomic mass is 9.83. The summed E-state index contributed by atoms with van der Waals surface area (Å²) in [7, 11) is 0. The van der Waals surface area contributed by atoms with Crippen molar-refractivity contribution in [1.29, 1.82) is 0 Å². The molecule has 13 heavy (non-hydrogen) atoms. The molecule has 2 heteroatoms. The van der Waals surface area contributed by atoms with Crippen molar-refractivity contribution in [3.05, 3.63) is 23.8 Å². The molecule has 0 unspecified atom stereocenters. The first-order valence-electron chi connectivity index (χ1n) is 5.09. The van der Waals surface area contributed by atoms with Crippen molar-refractivity contribution < 1.29 is 0 Å². The van der Waals surface area contributed by atoms with Gasteiger partial charge < -0.3 is 0 Å². The van der Waals surface area contributed by atoms with Crippen LogP contribution in [-0.4, -0.2) is 9.97 Å². The van der Waals surface area contributed by atoms with Gasteiger partial charge in [-0.15, -0.1) is 0 Å². The minimum atomic E-state index is 0.489. The van der Waals surface area contributed by atoms with Gasteiger partial charge in [-0.1, -0.05) is 20.3 Å². The summed E-state index contributed by atoms with van der Waals surface area (Å²) in [5.74, 6) is 1.19. The molecule has 1 aromatic rings. The molecular weight excluding hydrogens is 160 g/mol. The molecule has 1 saturated carbocycles. The first-order valence-corrected chi connectivity index (χ1v) is 5.09. The van der Waals surface area contributed by atoms with E-state index in [1.165, 1.54) is 25.0 Å². The van der Waals surface area contributed by atoms with Gasteiger partial charge in [0.1, 0.15) is 0 Å². The highest BCUT2D eigenvalue weighted by Gasteiger charge is 2.20. The number of aromatic nitrogens is 2. The van der Waals surface area contributed by atoms with E-state index in [0.717, 1.165) is 5.69 Å². The van der Waals surface area contributed by atoms with Crippen LogP contribution in [0.15, 0.2) is 12.4 Å². The normalized spacial score (nSPS) is 17.5. The molecule has 0 N–H and O–H groups in total. The van der Waals surface area contributed by atoms with Gasteiger partial charge in [0, 0.05) is 18.3 Å². The third-order valence-electron chi connectivity index (χ3n) is 2.81. The molecule has 0 bridgehead atoms. The van der Waals surface area contributed by atoms with Crippen molar-refractivity contribution in [2.75, 3.05) is 0 Å². The van der Waals surface area contributed by atoms with Crippen LogP contribution in [-0.2, 0) is 0 Å². The lowest BCUT2D eigenvalue weighted by Gasteiger charge is -2.24. The third-order valence-corrected chi connectivity index (χ3v) is 2.81. The molecule has 70 valence electrons. The number of rotatable bonds is 2. The molecule has 1 aliphatic rings. The molecular formula is C11H16N2. The minimum absolute atomic E-state index is 0.489. The highest BCUT2D eigenvalue weighted by Crippen LogP contribution is 2.34. The summed E-state index contributed by atoms with van der Waals surface area (Å²) >= 11 is 0. The summed E-state index contributed by atoms with van der Waals surface area (Å²) in [4.78, 5) is 8.88. The van der Waals surface area contributed by atoms with Crippen molar-refractivity contribution >= 4 is 0 Å². The molecule has 0 spiro atoms. The van der Waals surface area contributed by atoms with Crippen molar-refractivity contribution in [2.45, 2.75) is 44.9 Å². The summed E-state index contributed by atoms with van der Waals surface area (Å²) in [5.41, 5.74) is 2.29. The van der Waals surface area contributed by atoms with E-state index in [0.29, 0.717) is 11.8 Å². The fourth-order valence-electron chi connectivity index (χ4n) is 1.56. The van der Waals surface area contributed by atoms with Gasteiger partial charge in [-0.2, -0.15) is 0 Å². The maximum absolute atomic E-state index is 4.46. The van der Waals surface area contributed by atoms with Gasteiger partial charge in [-0.3, -0.25) is 9.97 Å². The second-order valence-electron chi connectivity index (χ2n) is 4.15. The molecule has 1 aliphatic carbocycles. The SMILES string of the molecule is CC(C)c1cnc(C2CCC2)cn1. The zero-order valence-electron chi connectivity index (χ0n) is 8.33. The third kappa shape index (κ3) is 1.71. The molecule has 0 aliphatic heterocycles. The molecule has 1 aromatic heterocycles. The number of hydrogen-bond donors (Lipinski definition) is 0. The van der Waals surface area contributed by atoms with Crippen LogP contribution < -0.4 is 0 Å². The van der Waals surface area contributed by atoms with E-state index in [1.54, 1.807) is 0 Å². The largest absolute Gasteiger partial charge is 0.258 e. The number of hydrogen-bond acceptors (Lipinski definition) is 2. The molecule has 0 saturated heterocycles. The van der Waals surface area contributed by atoms with Crippen LogP contribution in [0.25, 0.3) is 0 Å². The van der Waals surface area contributed by atoms with Crippen LogP contribution in [0.2, 0.25) is 0 Å². The van der Waals surface area contributed by atoms with Crippen LogP contribution >= 0.6 is 0 Å². The molecule has 0 radical (unpaired) electrons. The van der Waals surface area contributed by atoms with E-state index in [4.69, 9.17) is 0 Å².